The zero-order valence-electron chi connectivity index (χ0n) is 8.74. The quantitative estimate of drug-likeness (QED) is 0.636. The molecule has 0 fully saturated rings. The number of carbonyl (C=O) groups excluding carboxylic acids is 1. The number of hydrogen-bond donors (Lipinski definition) is 2. The Kier molecular flexibility index (Phi) is 4.56. The Morgan fingerprint density at radius 3 is 2.29 bits per heavy atom. The first-order chi connectivity index (χ1) is 6.31. The standard InChI is InChI=1S/C9H17NO4/c1-4-9(10,8(12)13)5-7(11)14-6(2)3/h6H,4-5,10H2,1-3H3,(H,12,13)/t9-/m0/s1. The fourth-order valence-electron chi connectivity index (χ4n) is 0.914. The maximum Gasteiger partial charge on any atom is 0.324 e. The minimum atomic E-state index is -1.51. The van der Waals surface area contributed by atoms with Crippen LogP contribution in [0.5, 0.6) is 0 Å². The molecule has 0 spiro atoms. The second kappa shape index (κ2) is 4.95. The predicted molar refractivity (Wildman–Crippen MR) is 50.7 cm³/mol. The van der Waals surface area contributed by atoms with Gasteiger partial charge in [-0.05, 0) is 20.3 Å². The highest BCUT2D eigenvalue weighted by Crippen LogP contribution is 2.13. The Hall–Kier alpha value is -1.10. The molecule has 0 aliphatic rings. The molecule has 0 saturated heterocycles. The van der Waals surface area contributed by atoms with E-state index in [4.69, 9.17) is 15.6 Å². The van der Waals surface area contributed by atoms with Crippen molar-refractivity contribution in [2.45, 2.75) is 45.3 Å². The van der Waals surface area contributed by atoms with Crippen LogP contribution in [0.2, 0.25) is 0 Å². The molecule has 0 unspecified atom stereocenters. The second-order valence-electron chi connectivity index (χ2n) is 3.53. The molecule has 5 heteroatoms. The Bertz CT molecular complexity index is 227. The number of esters is 1. The van der Waals surface area contributed by atoms with Gasteiger partial charge in [0.15, 0.2) is 0 Å². The average Bonchev–Trinajstić information content (AvgIpc) is 2.01. The summed E-state index contributed by atoms with van der Waals surface area (Å²) < 4.78 is 4.82. The minimum Gasteiger partial charge on any atom is -0.480 e. The van der Waals surface area contributed by atoms with Gasteiger partial charge in [-0.15, -0.1) is 0 Å². The van der Waals surface area contributed by atoms with E-state index in [1.165, 1.54) is 0 Å². The number of carbonyl (C=O) groups is 2. The molecule has 0 rings (SSSR count). The summed E-state index contributed by atoms with van der Waals surface area (Å²) in [6.45, 7) is 5.02. The molecule has 0 aromatic carbocycles. The average molecular weight is 203 g/mol. The second-order valence-corrected chi connectivity index (χ2v) is 3.53. The molecule has 3 N–H and O–H groups in total. The third-order valence-corrected chi connectivity index (χ3v) is 1.88. The van der Waals surface area contributed by atoms with Crippen molar-refractivity contribution >= 4 is 11.9 Å². The van der Waals surface area contributed by atoms with Gasteiger partial charge in [0.2, 0.25) is 0 Å². The maximum atomic E-state index is 11.2. The summed E-state index contributed by atoms with van der Waals surface area (Å²) in [4.78, 5) is 21.9. The highest BCUT2D eigenvalue weighted by atomic mass is 16.5. The minimum absolute atomic E-state index is 0.190. The first-order valence-corrected chi connectivity index (χ1v) is 4.53. The van der Waals surface area contributed by atoms with Crippen molar-refractivity contribution in [3.8, 4) is 0 Å². The van der Waals surface area contributed by atoms with Gasteiger partial charge in [0.25, 0.3) is 0 Å². The maximum absolute atomic E-state index is 11.2. The monoisotopic (exact) mass is 203 g/mol. The first kappa shape index (κ1) is 12.9. The highest BCUT2D eigenvalue weighted by molar-refractivity contribution is 5.85. The van der Waals surface area contributed by atoms with Crippen molar-refractivity contribution in [1.82, 2.24) is 0 Å². The van der Waals surface area contributed by atoms with Crippen molar-refractivity contribution < 1.29 is 19.4 Å². The summed E-state index contributed by atoms with van der Waals surface area (Å²) in [6, 6.07) is 0. The molecular weight excluding hydrogens is 186 g/mol. The summed E-state index contributed by atoms with van der Waals surface area (Å²) in [7, 11) is 0. The molecule has 0 radical (unpaired) electrons. The van der Waals surface area contributed by atoms with Gasteiger partial charge < -0.3 is 15.6 Å². The third-order valence-electron chi connectivity index (χ3n) is 1.88. The summed E-state index contributed by atoms with van der Waals surface area (Å²) in [5, 5.41) is 8.78. The Morgan fingerprint density at radius 1 is 1.50 bits per heavy atom. The summed E-state index contributed by atoms with van der Waals surface area (Å²) in [5.74, 6) is -1.76. The summed E-state index contributed by atoms with van der Waals surface area (Å²) in [5.41, 5.74) is 4.01. The molecule has 0 saturated carbocycles. The van der Waals surface area contributed by atoms with Crippen LogP contribution in [0.1, 0.15) is 33.6 Å². The van der Waals surface area contributed by atoms with Crippen molar-refractivity contribution in [3.05, 3.63) is 0 Å². The van der Waals surface area contributed by atoms with Gasteiger partial charge in [-0.3, -0.25) is 9.59 Å². The van der Waals surface area contributed by atoms with Crippen LogP contribution in [-0.4, -0.2) is 28.7 Å². The first-order valence-electron chi connectivity index (χ1n) is 4.53. The fourth-order valence-corrected chi connectivity index (χ4v) is 0.914. The number of nitrogens with two attached hydrogens (primary N) is 1. The lowest BCUT2D eigenvalue weighted by Crippen LogP contribution is -2.49. The zero-order chi connectivity index (χ0) is 11.4. The van der Waals surface area contributed by atoms with Crippen LogP contribution in [-0.2, 0) is 14.3 Å². The van der Waals surface area contributed by atoms with E-state index in [1.807, 2.05) is 0 Å². The van der Waals surface area contributed by atoms with Gasteiger partial charge in [0.1, 0.15) is 5.54 Å². The molecule has 0 aromatic heterocycles. The van der Waals surface area contributed by atoms with Crippen molar-refractivity contribution in [2.75, 3.05) is 0 Å². The largest absolute Gasteiger partial charge is 0.480 e. The molecule has 5 nitrogen and oxygen atoms in total. The number of carboxylic acids is 1. The van der Waals surface area contributed by atoms with E-state index in [9.17, 15) is 9.59 Å². The molecule has 0 aliphatic carbocycles. The molecule has 0 bridgehead atoms. The summed E-state index contributed by atoms with van der Waals surface area (Å²) >= 11 is 0. The van der Waals surface area contributed by atoms with Crippen LogP contribution in [0, 0.1) is 0 Å². The molecule has 82 valence electrons. The van der Waals surface area contributed by atoms with Crippen molar-refractivity contribution in [2.24, 2.45) is 5.73 Å². The molecule has 1 atom stereocenters. The molecular formula is C9H17NO4. The van der Waals surface area contributed by atoms with Gasteiger partial charge in [-0.1, -0.05) is 6.92 Å². The lowest BCUT2D eigenvalue weighted by Gasteiger charge is -2.22. The van der Waals surface area contributed by atoms with Gasteiger partial charge in [-0.2, -0.15) is 0 Å². The third kappa shape index (κ3) is 3.74. The Labute approximate surface area is 83.2 Å². The van der Waals surface area contributed by atoms with Crippen molar-refractivity contribution in [3.63, 3.8) is 0 Å². The smallest absolute Gasteiger partial charge is 0.324 e. The van der Waals surface area contributed by atoms with E-state index < -0.39 is 17.5 Å². The summed E-state index contributed by atoms with van der Waals surface area (Å²) in [6.07, 6.45) is -0.357. The number of rotatable bonds is 5. The number of aliphatic carboxylic acids is 1. The lowest BCUT2D eigenvalue weighted by atomic mass is 9.94. The van der Waals surface area contributed by atoms with E-state index in [0.29, 0.717) is 0 Å². The van der Waals surface area contributed by atoms with Crippen LogP contribution < -0.4 is 5.73 Å². The number of hydrogen-bond acceptors (Lipinski definition) is 4. The SMILES string of the molecule is CC[C@](N)(CC(=O)OC(C)C)C(=O)O. The van der Waals surface area contributed by atoms with E-state index in [-0.39, 0.29) is 18.9 Å². The van der Waals surface area contributed by atoms with Gasteiger partial charge >= 0.3 is 11.9 Å². The molecule has 0 aromatic rings. The van der Waals surface area contributed by atoms with Crippen LogP contribution in [0.15, 0.2) is 0 Å². The van der Waals surface area contributed by atoms with E-state index in [2.05, 4.69) is 0 Å². The van der Waals surface area contributed by atoms with Crippen LogP contribution >= 0.6 is 0 Å². The van der Waals surface area contributed by atoms with Crippen LogP contribution in [0.4, 0.5) is 0 Å². The number of ether oxygens (including phenoxy) is 1. The highest BCUT2D eigenvalue weighted by Gasteiger charge is 2.35. The van der Waals surface area contributed by atoms with Gasteiger partial charge in [-0.25, -0.2) is 0 Å². The number of carboxylic acid groups (broad SMARTS) is 1. The lowest BCUT2D eigenvalue weighted by molar-refractivity contribution is -0.155. The van der Waals surface area contributed by atoms with Crippen molar-refractivity contribution in [1.29, 1.82) is 0 Å². The fraction of sp³-hybridized carbons (Fsp3) is 0.778. The molecule has 0 aliphatic heterocycles. The topological polar surface area (TPSA) is 89.6 Å². The molecule has 0 amide bonds. The normalized spacial score (nSPS) is 14.9. The molecule has 14 heavy (non-hydrogen) atoms. The van der Waals surface area contributed by atoms with E-state index in [1.54, 1.807) is 20.8 Å². The Morgan fingerprint density at radius 2 is 2.00 bits per heavy atom. The van der Waals surface area contributed by atoms with Crippen LogP contribution in [0.3, 0.4) is 0 Å². The van der Waals surface area contributed by atoms with Gasteiger partial charge in [0, 0.05) is 0 Å². The van der Waals surface area contributed by atoms with Gasteiger partial charge in [0.05, 0.1) is 12.5 Å². The zero-order valence-corrected chi connectivity index (χ0v) is 8.74. The van der Waals surface area contributed by atoms with E-state index in [0.717, 1.165) is 0 Å². The van der Waals surface area contributed by atoms with E-state index >= 15 is 0 Å². The Balaban J connectivity index is 4.32. The van der Waals surface area contributed by atoms with Crippen LogP contribution in [0.25, 0.3) is 0 Å². The molecule has 0 heterocycles. The predicted octanol–water partition coefficient (Wildman–Crippen LogP) is 0.520.